The Balaban J connectivity index is 2.43. The third-order valence-electron chi connectivity index (χ3n) is 2.59. The smallest absolute Gasteiger partial charge is 0.142 e. The summed E-state index contributed by atoms with van der Waals surface area (Å²) in [6.07, 6.45) is 2.30. The molecule has 0 saturated heterocycles. The Morgan fingerprint density at radius 3 is 3.00 bits per heavy atom. The van der Waals surface area contributed by atoms with Crippen LogP contribution >= 0.6 is 15.9 Å². The van der Waals surface area contributed by atoms with E-state index in [1.807, 2.05) is 6.92 Å². The summed E-state index contributed by atoms with van der Waals surface area (Å²) in [7, 11) is 0. The molecule has 1 N–H and O–H groups in total. The molecule has 1 unspecified atom stereocenters. The van der Waals surface area contributed by atoms with Crippen molar-refractivity contribution < 1.29 is 9.50 Å². The van der Waals surface area contributed by atoms with Crippen LogP contribution in [0.2, 0.25) is 0 Å². The number of hydrogen-bond donors (Lipinski definition) is 1. The molecule has 0 aliphatic rings. The molecule has 90 valence electrons. The van der Waals surface area contributed by atoms with Gasteiger partial charge < -0.3 is 9.67 Å². The first-order valence-electron chi connectivity index (χ1n) is 5.27. The lowest BCUT2D eigenvalue weighted by molar-refractivity contribution is 0.199. The van der Waals surface area contributed by atoms with Gasteiger partial charge in [0.05, 0.1) is 0 Å². The van der Waals surface area contributed by atoms with Gasteiger partial charge in [0, 0.05) is 29.0 Å². The van der Waals surface area contributed by atoms with Gasteiger partial charge in [-0.1, -0.05) is 15.9 Å². The molecule has 2 rings (SSSR count). The Bertz CT molecular complexity index is 527. The van der Waals surface area contributed by atoms with Gasteiger partial charge in [0.25, 0.3) is 0 Å². The van der Waals surface area contributed by atoms with Crippen molar-refractivity contribution in [3.63, 3.8) is 0 Å². The van der Waals surface area contributed by atoms with Crippen molar-refractivity contribution in [2.24, 2.45) is 0 Å². The highest BCUT2D eigenvalue weighted by molar-refractivity contribution is 9.10. The quantitative estimate of drug-likeness (QED) is 0.946. The van der Waals surface area contributed by atoms with Crippen LogP contribution in [0.3, 0.4) is 0 Å². The van der Waals surface area contributed by atoms with Gasteiger partial charge in [-0.3, -0.25) is 0 Å². The van der Waals surface area contributed by atoms with E-state index in [1.54, 1.807) is 29.1 Å². The summed E-state index contributed by atoms with van der Waals surface area (Å²) >= 11 is 3.26. The highest BCUT2D eigenvalue weighted by atomic mass is 79.9. The van der Waals surface area contributed by atoms with Gasteiger partial charge >= 0.3 is 0 Å². The highest BCUT2D eigenvalue weighted by Gasteiger charge is 2.19. The zero-order valence-electron chi connectivity index (χ0n) is 9.27. The van der Waals surface area contributed by atoms with Crippen molar-refractivity contribution in [2.45, 2.75) is 19.6 Å². The average molecular weight is 299 g/mol. The number of nitrogens with zero attached hydrogens (tertiary/aromatic N) is 2. The maximum Gasteiger partial charge on any atom is 0.142 e. The third-order valence-corrected chi connectivity index (χ3v) is 3.08. The molecule has 3 nitrogen and oxygen atoms in total. The second-order valence-electron chi connectivity index (χ2n) is 3.64. The molecule has 0 amide bonds. The monoisotopic (exact) mass is 298 g/mol. The zero-order chi connectivity index (χ0) is 12.4. The van der Waals surface area contributed by atoms with Crippen LogP contribution in [0.4, 0.5) is 4.39 Å². The normalized spacial score (nSPS) is 12.7. The third kappa shape index (κ3) is 2.40. The largest absolute Gasteiger partial charge is 0.380 e. The van der Waals surface area contributed by atoms with Crippen molar-refractivity contribution in [1.29, 1.82) is 0 Å². The number of aliphatic hydroxyl groups excluding tert-OH is 1. The van der Waals surface area contributed by atoms with Crippen molar-refractivity contribution in [1.82, 2.24) is 9.55 Å². The molecule has 2 aromatic rings. The lowest BCUT2D eigenvalue weighted by atomic mass is 10.1. The first-order chi connectivity index (χ1) is 8.13. The number of imidazole rings is 1. The lowest BCUT2D eigenvalue weighted by Gasteiger charge is -2.13. The number of halogens is 2. The van der Waals surface area contributed by atoms with Gasteiger partial charge in [0.1, 0.15) is 17.7 Å². The molecular formula is C12H12BrFN2O. The van der Waals surface area contributed by atoms with E-state index in [0.717, 1.165) is 4.47 Å². The van der Waals surface area contributed by atoms with Crippen LogP contribution < -0.4 is 0 Å². The van der Waals surface area contributed by atoms with Crippen molar-refractivity contribution in [3.05, 3.63) is 52.3 Å². The van der Waals surface area contributed by atoms with E-state index in [4.69, 9.17) is 0 Å². The lowest BCUT2D eigenvalue weighted by Crippen LogP contribution is -2.10. The van der Waals surface area contributed by atoms with Crippen LogP contribution in [0.15, 0.2) is 35.1 Å². The van der Waals surface area contributed by atoms with Crippen molar-refractivity contribution in [3.8, 4) is 0 Å². The van der Waals surface area contributed by atoms with Crippen LogP contribution in [0.5, 0.6) is 0 Å². The summed E-state index contributed by atoms with van der Waals surface area (Å²) in [5.41, 5.74) is 0.222. The highest BCUT2D eigenvalue weighted by Crippen LogP contribution is 2.26. The van der Waals surface area contributed by atoms with Gasteiger partial charge in [-0.15, -0.1) is 0 Å². The van der Waals surface area contributed by atoms with Crippen molar-refractivity contribution >= 4 is 15.9 Å². The number of aromatic nitrogens is 2. The second kappa shape index (κ2) is 4.98. The predicted molar refractivity (Wildman–Crippen MR) is 66.1 cm³/mol. The fourth-order valence-electron chi connectivity index (χ4n) is 1.70. The summed E-state index contributed by atoms with van der Waals surface area (Å²) in [6, 6.07) is 4.48. The first kappa shape index (κ1) is 12.3. The van der Waals surface area contributed by atoms with E-state index in [2.05, 4.69) is 20.9 Å². The van der Waals surface area contributed by atoms with Crippen LogP contribution in [0, 0.1) is 5.82 Å². The number of aryl methyl sites for hydroxylation is 1. The van der Waals surface area contributed by atoms with E-state index < -0.39 is 11.9 Å². The Labute approximate surface area is 107 Å². The molecular weight excluding hydrogens is 287 g/mol. The molecule has 17 heavy (non-hydrogen) atoms. The van der Waals surface area contributed by atoms with E-state index in [-0.39, 0.29) is 5.56 Å². The Hall–Kier alpha value is -1.20. The molecule has 5 heteroatoms. The minimum Gasteiger partial charge on any atom is -0.380 e. The van der Waals surface area contributed by atoms with Crippen LogP contribution in [0.25, 0.3) is 0 Å². The molecule has 0 saturated carbocycles. The van der Waals surface area contributed by atoms with E-state index in [9.17, 15) is 9.50 Å². The van der Waals surface area contributed by atoms with Gasteiger partial charge in [-0.05, 0) is 25.1 Å². The molecule has 0 aliphatic carbocycles. The fraction of sp³-hybridized carbons (Fsp3) is 0.250. The number of hydrogen-bond acceptors (Lipinski definition) is 2. The average Bonchev–Trinajstić information content (AvgIpc) is 2.79. The van der Waals surface area contributed by atoms with Gasteiger partial charge in [-0.2, -0.15) is 0 Å². The van der Waals surface area contributed by atoms with Crippen LogP contribution in [0.1, 0.15) is 24.4 Å². The maximum absolute atomic E-state index is 13.6. The second-order valence-corrected chi connectivity index (χ2v) is 4.56. The first-order valence-corrected chi connectivity index (χ1v) is 6.06. The Kier molecular flexibility index (Phi) is 3.59. The molecule has 1 aromatic heterocycles. The summed E-state index contributed by atoms with van der Waals surface area (Å²) in [5.74, 6) is 0.0100. The number of rotatable bonds is 3. The molecule has 0 spiro atoms. The molecule has 0 bridgehead atoms. The number of benzene rings is 1. The summed E-state index contributed by atoms with van der Waals surface area (Å²) < 4.78 is 16.1. The molecule has 1 atom stereocenters. The summed E-state index contributed by atoms with van der Waals surface area (Å²) in [6.45, 7) is 2.62. The summed E-state index contributed by atoms with van der Waals surface area (Å²) in [5, 5.41) is 10.2. The molecule has 1 aromatic carbocycles. The van der Waals surface area contributed by atoms with Gasteiger partial charge in [0.2, 0.25) is 0 Å². The van der Waals surface area contributed by atoms with Gasteiger partial charge in [-0.25, -0.2) is 9.37 Å². The molecule has 1 heterocycles. The topological polar surface area (TPSA) is 38.0 Å². The molecule has 0 fully saturated rings. The van der Waals surface area contributed by atoms with E-state index in [1.165, 1.54) is 6.07 Å². The maximum atomic E-state index is 13.6. The summed E-state index contributed by atoms with van der Waals surface area (Å²) in [4.78, 5) is 4.07. The minimum atomic E-state index is -1.05. The van der Waals surface area contributed by atoms with Crippen LogP contribution in [-0.4, -0.2) is 14.7 Å². The minimum absolute atomic E-state index is 0.222. The Morgan fingerprint density at radius 2 is 2.29 bits per heavy atom. The van der Waals surface area contributed by atoms with Gasteiger partial charge in [0.15, 0.2) is 0 Å². The van der Waals surface area contributed by atoms with E-state index in [0.29, 0.717) is 12.4 Å². The fourth-order valence-corrected chi connectivity index (χ4v) is 2.08. The standard InChI is InChI=1S/C12H12BrFN2O/c1-2-16-6-5-15-12(16)11(17)9-7-8(13)3-4-10(9)14/h3-7,11,17H,2H2,1H3. The SMILES string of the molecule is CCn1ccnc1C(O)c1cc(Br)ccc1F. The zero-order valence-corrected chi connectivity index (χ0v) is 10.9. The predicted octanol–water partition coefficient (Wildman–Crippen LogP) is 2.89. The van der Waals surface area contributed by atoms with E-state index >= 15 is 0 Å². The molecule has 0 radical (unpaired) electrons. The molecule has 0 aliphatic heterocycles. The number of aliphatic hydroxyl groups is 1. The Morgan fingerprint density at radius 1 is 1.53 bits per heavy atom. The van der Waals surface area contributed by atoms with Crippen molar-refractivity contribution in [2.75, 3.05) is 0 Å². The van der Waals surface area contributed by atoms with Crippen LogP contribution in [-0.2, 0) is 6.54 Å².